The number of nitrogens with one attached hydrogen (secondary N) is 1. The van der Waals surface area contributed by atoms with E-state index in [1.54, 1.807) is 0 Å². The molecule has 0 aliphatic carbocycles. The van der Waals surface area contributed by atoms with E-state index < -0.39 is 0 Å². The molecule has 0 aliphatic heterocycles. The minimum atomic E-state index is 0.0441. The zero-order chi connectivity index (χ0) is 17.9. The molecule has 25 heavy (non-hydrogen) atoms. The van der Waals surface area contributed by atoms with Crippen LogP contribution in [0.4, 0.5) is 0 Å². The number of amides is 1. The third-order valence-electron chi connectivity index (χ3n) is 3.68. The van der Waals surface area contributed by atoms with Gasteiger partial charge in [-0.3, -0.25) is 9.69 Å². The second kappa shape index (κ2) is 11.0. The maximum atomic E-state index is 12.0. The van der Waals surface area contributed by atoms with Gasteiger partial charge in [-0.05, 0) is 36.7 Å². The molecular formula is C20H25BrN2O2. The molecule has 0 radical (unpaired) electrons. The Morgan fingerprint density at radius 3 is 2.52 bits per heavy atom. The lowest BCUT2D eigenvalue weighted by Gasteiger charge is -2.16. The van der Waals surface area contributed by atoms with E-state index in [0.717, 1.165) is 17.4 Å². The summed E-state index contributed by atoms with van der Waals surface area (Å²) in [5, 5.41) is 2.94. The van der Waals surface area contributed by atoms with Crippen molar-refractivity contribution in [3.63, 3.8) is 0 Å². The van der Waals surface area contributed by atoms with E-state index in [1.165, 1.54) is 11.1 Å². The van der Waals surface area contributed by atoms with Crippen LogP contribution in [0.15, 0.2) is 59.1 Å². The molecule has 4 nitrogen and oxygen atoms in total. The van der Waals surface area contributed by atoms with Gasteiger partial charge in [0.1, 0.15) is 0 Å². The summed E-state index contributed by atoms with van der Waals surface area (Å²) in [7, 11) is 1.95. The fourth-order valence-electron chi connectivity index (χ4n) is 2.42. The van der Waals surface area contributed by atoms with Gasteiger partial charge in [-0.15, -0.1) is 0 Å². The number of hydrogen-bond acceptors (Lipinski definition) is 3. The van der Waals surface area contributed by atoms with Crippen LogP contribution in [0.3, 0.4) is 0 Å². The van der Waals surface area contributed by atoms with Gasteiger partial charge in [0.25, 0.3) is 0 Å². The SMILES string of the molecule is CN(CC(=O)NCCCOCc1ccccc1)Cc1ccc(Br)cc1. The van der Waals surface area contributed by atoms with Crippen LogP contribution in [0.25, 0.3) is 0 Å². The molecule has 0 aromatic heterocycles. The van der Waals surface area contributed by atoms with Crippen molar-refractivity contribution in [2.75, 3.05) is 26.7 Å². The number of ether oxygens (including phenoxy) is 1. The van der Waals surface area contributed by atoms with Crippen LogP contribution in [-0.2, 0) is 22.7 Å². The molecule has 1 amide bonds. The topological polar surface area (TPSA) is 41.6 Å². The van der Waals surface area contributed by atoms with Crippen LogP contribution in [0.2, 0.25) is 0 Å². The molecule has 0 heterocycles. The van der Waals surface area contributed by atoms with E-state index in [2.05, 4.69) is 33.4 Å². The third kappa shape index (κ3) is 8.29. The molecule has 0 atom stereocenters. The van der Waals surface area contributed by atoms with E-state index in [9.17, 15) is 4.79 Å². The second-order valence-corrected chi connectivity index (χ2v) is 6.96. The van der Waals surface area contributed by atoms with Crippen molar-refractivity contribution >= 4 is 21.8 Å². The van der Waals surface area contributed by atoms with Gasteiger partial charge >= 0.3 is 0 Å². The zero-order valence-electron chi connectivity index (χ0n) is 14.6. The molecule has 2 rings (SSSR count). The molecule has 1 N–H and O–H groups in total. The van der Waals surface area contributed by atoms with E-state index in [4.69, 9.17) is 4.74 Å². The molecule has 0 unspecified atom stereocenters. The standard InChI is InChI=1S/C20H25BrN2O2/c1-23(14-17-8-10-19(21)11-9-17)15-20(24)22-12-5-13-25-16-18-6-3-2-4-7-18/h2-4,6-11H,5,12-16H2,1H3,(H,22,24). The van der Waals surface area contributed by atoms with Gasteiger partial charge in [-0.1, -0.05) is 58.4 Å². The highest BCUT2D eigenvalue weighted by molar-refractivity contribution is 9.10. The lowest BCUT2D eigenvalue weighted by atomic mass is 10.2. The first kappa shape index (κ1) is 19.6. The van der Waals surface area contributed by atoms with Crippen molar-refractivity contribution in [3.05, 3.63) is 70.2 Å². The molecule has 134 valence electrons. The molecule has 0 saturated carbocycles. The lowest BCUT2D eigenvalue weighted by Crippen LogP contribution is -2.35. The first-order valence-electron chi connectivity index (χ1n) is 8.45. The summed E-state index contributed by atoms with van der Waals surface area (Å²) in [6, 6.07) is 18.2. The Labute approximate surface area is 158 Å². The van der Waals surface area contributed by atoms with Crippen LogP contribution >= 0.6 is 15.9 Å². The Bertz CT molecular complexity index is 632. The molecule has 2 aromatic rings. The number of likely N-dealkylation sites (N-methyl/N-ethyl adjacent to an activating group) is 1. The van der Waals surface area contributed by atoms with E-state index in [0.29, 0.717) is 26.3 Å². The van der Waals surface area contributed by atoms with Crippen molar-refractivity contribution in [1.82, 2.24) is 10.2 Å². The number of benzene rings is 2. The number of rotatable bonds is 10. The van der Waals surface area contributed by atoms with Gasteiger partial charge in [0, 0.05) is 24.2 Å². The van der Waals surface area contributed by atoms with Gasteiger partial charge in [0.15, 0.2) is 0 Å². The molecule has 2 aromatic carbocycles. The van der Waals surface area contributed by atoms with E-state index in [1.807, 2.05) is 54.4 Å². The van der Waals surface area contributed by atoms with Gasteiger partial charge in [0.05, 0.1) is 13.2 Å². The normalized spacial score (nSPS) is 10.8. The van der Waals surface area contributed by atoms with Crippen LogP contribution in [-0.4, -0.2) is 37.6 Å². The zero-order valence-corrected chi connectivity index (χ0v) is 16.2. The van der Waals surface area contributed by atoms with E-state index in [-0.39, 0.29) is 5.91 Å². The quantitative estimate of drug-likeness (QED) is 0.615. The number of carbonyl (C=O) groups is 1. The minimum absolute atomic E-state index is 0.0441. The van der Waals surface area contributed by atoms with Gasteiger partial charge < -0.3 is 10.1 Å². The first-order chi connectivity index (χ1) is 12.1. The van der Waals surface area contributed by atoms with Crippen molar-refractivity contribution in [1.29, 1.82) is 0 Å². The number of nitrogens with zero attached hydrogens (tertiary/aromatic N) is 1. The van der Waals surface area contributed by atoms with Crippen LogP contribution in [0.5, 0.6) is 0 Å². The number of hydrogen-bond donors (Lipinski definition) is 1. The van der Waals surface area contributed by atoms with Gasteiger partial charge in [-0.2, -0.15) is 0 Å². The summed E-state index contributed by atoms with van der Waals surface area (Å²) in [6.45, 7) is 3.04. The van der Waals surface area contributed by atoms with Gasteiger partial charge in [0.2, 0.25) is 5.91 Å². The highest BCUT2D eigenvalue weighted by Crippen LogP contribution is 2.11. The average molecular weight is 405 g/mol. The second-order valence-electron chi connectivity index (χ2n) is 6.04. The minimum Gasteiger partial charge on any atom is -0.377 e. The highest BCUT2D eigenvalue weighted by Gasteiger charge is 2.06. The summed E-state index contributed by atoms with van der Waals surface area (Å²) in [5.41, 5.74) is 2.36. The average Bonchev–Trinajstić information content (AvgIpc) is 2.61. The predicted molar refractivity (Wildman–Crippen MR) is 104 cm³/mol. The molecule has 0 saturated heterocycles. The van der Waals surface area contributed by atoms with Crippen molar-refractivity contribution in [3.8, 4) is 0 Å². The fourth-order valence-corrected chi connectivity index (χ4v) is 2.69. The van der Waals surface area contributed by atoms with Crippen LogP contribution in [0, 0.1) is 0 Å². The molecule has 0 fully saturated rings. The molecule has 0 spiro atoms. The van der Waals surface area contributed by atoms with Gasteiger partial charge in [-0.25, -0.2) is 0 Å². The Morgan fingerprint density at radius 2 is 1.80 bits per heavy atom. The summed E-state index contributed by atoms with van der Waals surface area (Å²) >= 11 is 3.42. The summed E-state index contributed by atoms with van der Waals surface area (Å²) in [6.07, 6.45) is 0.814. The van der Waals surface area contributed by atoms with Crippen molar-refractivity contribution in [2.45, 2.75) is 19.6 Å². The Kier molecular flexibility index (Phi) is 8.66. The summed E-state index contributed by atoms with van der Waals surface area (Å²) in [4.78, 5) is 14.0. The number of carbonyl (C=O) groups excluding carboxylic acids is 1. The van der Waals surface area contributed by atoms with E-state index >= 15 is 0 Å². The molecule has 5 heteroatoms. The monoisotopic (exact) mass is 404 g/mol. The molecular weight excluding hydrogens is 380 g/mol. The van der Waals surface area contributed by atoms with Crippen molar-refractivity contribution in [2.24, 2.45) is 0 Å². The Morgan fingerprint density at radius 1 is 1.08 bits per heavy atom. The highest BCUT2D eigenvalue weighted by atomic mass is 79.9. The Hall–Kier alpha value is -1.69. The largest absolute Gasteiger partial charge is 0.377 e. The fraction of sp³-hybridized carbons (Fsp3) is 0.350. The Balaban J connectivity index is 1.53. The lowest BCUT2D eigenvalue weighted by molar-refractivity contribution is -0.122. The van der Waals surface area contributed by atoms with Crippen LogP contribution < -0.4 is 5.32 Å². The number of halogens is 1. The third-order valence-corrected chi connectivity index (χ3v) is 4.21. The maximum Gasteiger partial charge on any atom is 0.234 e. The predicted octanol–water partition coefficient (Wildman–Crippen LogP) is 3.60. The molecule has 0 aliphatic rings. The maximum absolute atomic E-state index is 12.0. The van der Waals surface area contributed by atoms with Crippen molar-refractivity contribution < 1.29 is 9.53 Å². The first-order valence-corrected chi connectivity index (χ1v) is 9.24. The van der Waals surface area contributed by atoms with Crippen LogP contribution in [0.1, 0.15) is 17.5 Å². The summed E-state index contributed by atoms with van der Waals surface area (Å²) in [5.74, 6) is 0.0441. The summed E-state index contributed by atoms with van der Waals surface area (Å²) < 4.78 is 6.67. The smallest absolute Gasteiger partial charge is 0.234 e. The molecule has 0 bridgehead atoms.